The van der Waals surface area contributed by atoms with Crippen LogP contribution in [0.2, 0.25) is 0 Å². The Morgan fingerprint density at radius 1 is 1.12 bits per heavy atom. The molecule has 0 aliphatic carbocycles. The second-order valence-corrected chi connectivity index (χ2v) is 8.11. The third kappa shape index (κ3) is 7.33. The number of aromatic nitrogens is 1. The Bertz CT molecular complexity index is 821. The van der Waals surface area contributed by atoms with Crippen molar-refractivity contribution in [1.82, 2.24) is 15.6 Å². The zero-order valence-electron chi connectivity index (χ0n) is 19.8. The normalized spacial score (nSPS) is 18.6. The molecule has 1 saturated heterocycles. The average Bonchev–Trinajstić information content (AvgIpc) is 2.82. The molecule has 0 spiro atoms. The Morgan fingerprint density at radius 2 is 1.88 bits per heavy atom. The molecule has 0 radical (unpaired) electrons. The van der Waals surface area contributed by atoms with Crippen molar-refractivity contribution in [2.24, 2.45) is 10.9 Å². The van der Waals surface area contributed by atoms with Crippen LogP contribution in [0.4, 0.5) is 5.82 Å². The van der Waals surface area contributed by atoms with Crippen LogP contribution in [0.15, 0.2) is 47.6 Å². The molecule has 32 heavy (non-hydrogen) atoms. The van der Waals surface area contributed by atoms with Gasteiger partial charge in [0, 0.05) is 51.9 Å². The lowest BCUT2D eigenvalue weighted by atomic mass is 9.89. The third-order valence-electron chi connectivity index (χ3n) is 5.96. The summed E-state index contributed by atoms with van der Waals surface area (Å²) in [5.41, 5.74) is 3.68. The molecule has 0 amide bonds. The SMILES string of the molecule is CCN(CC)c1ccc(CNC(=NC)NCC2CCCOC2c2ccc(C)cc2)cn1.I. The number of benzene rings is 1. The molecule has 3 rings (SSSR count). The van der Waals surface area contributed by atoms with E-state index in [9.17, 15) is 0 Å². The number of aliphatic imine (C=N–C) groups is 1. The van der Waals surface area contributed by atoms with E-state index >= 15 is 0 Å². The number of aryl methyl sites for hydroxylation is 1. The molecule has 1 aromatic heterocycles. The molecule has 2 N–H and O–H groups in total. The van der Waals surface area contributed by atoms with Crippen molar-refractivity contribution < 1.29 is 4.74 Å². The van der Waals surface area contributed by atoms with Crippen LogP contribution in [0.3, 0.4) is 0 Å². The summed E-state index contributed by atoms with van der Waals surface area (Å²) in [7, 11) is 1.81. The number of nitrogens with one attached hydrogen (secondary N) is 2. The largest absolute Gasteiger partial charge is 0.373 e. The smallest absolute Gasteiger partial charge is 0.191 e. The van der Waals surface area contributed by atoms with E-state index in [2.05, 4.69) is 82.7 Å². The Hall–Kier alpha value is -1.87. The Morgan fingerprint density at radius 3 is 2.50 bits per heavy atom. The van der Waals surface area contributed by atoms with Crippen LogP contribution in [0.25, 0.3) is 0 Å². The summed E-state index contributed by atoms with van der Waals surface area (Å²) in [4.78, 5) is 11.2. The standard InChI is InChI=1S/C25H37N5O.HI/c1-5-30(6-2)23-14-11-20(16-27-23)17-28-25(26-4)29-18-22-8-7-15-31-24(22)21-12-9-19(3)10-13-21;/h9-14,16,22,24H,5-8,15,17-18H2,1-4H3,(H2,26,28,29);1H. The minimum absolute atomic E-state index is 0. The van der Waals surface area contributed by atoms with Gasteiger partial charge < -0.3 is 20.3 Å². The van der Waals surface area contributed by atoms with Crippen LogP contribution in [0, 0.1) is 12.8 Å². The van der Waals surface area contributed by atoms with Gasteiger partial charge in [0.1, 0.15) is 5.82 Å². The third-order valence-corrected chi connectivity index (χ3v) is 5.96. The Kier molecular flexibility index (Phi) is 11.2. The van der Waals surface area contributed by atoms with Crippen molar-refractivity contribution in [3.63, 3.8) is 0 Å². The van der Waals surface area contributed by atoms with Gasteiger partial charge in [-0.2, -0.15) is 0 Å². The van der Waals surface area contributed by atoms with Crippen molar-refractivity contribution in [3.8, 4) is 0 Å². The van der Waals surface area contributed by atoms with E-state index in [0.29, 0.717) is 12.5 Å². The maximum atomic E-state index is 6.15. The van der Waals surface area contributed by atoms with Gasteiger partial charge in [-0.1, -0.05) is 35.9 Å². The fourth-order valence-corrected chi connectivity index (χ4v) is 4.07. The van der Waals surface area contributed by atoms with Gasteiger partial charge in [0.2, 0.25) is 0 Å². The van der Waals surface area contributed by atoms with Crippen LogP contribution in [0.1, 0.15) is 49.5 Å². The summed E-state index contributed by atoms with van der Waals surface area (Å²) in [5, 5.41) is 6.91. The van der Waals surface area contributed by atoms with Gasteiger partial charge in [-0.3, -0.25) is 4.99 Å². The summed E-state index contributed by atoms with van der Waals surface area (Å²) < 4.78 is 6.15. The lowest BCUT2D eigenvalue weighted by Gasteiger charge is -2.32. The second-order valence-electron chi connectivity index (χ2n) is 8.11. The molecule has 7 heteroatoms. The van der Waals surface area contributed by atoms with Gasteiger partial charge in [0.25, 0.3) is 0 Å². The fourth-order valence-electron chi connectivity index (χ4n) is 4.07. The molecule has 2 aromatic rings. The van der Waals surface area contributed by atoms with Crippen molar-refractivity contribution in [2.45, 2.75) is 46.3 Å². The number of hydrogen-bond acceptors (Lipinski definition) is 4. The molecule has 2 heterocycles. The maximum Gasteiger partial charge on any atom is 0.191 e. The van der Waals surface area contributed by atoms with Crippen LogP contribution >= 0.6 is 24.0 Å². The quantitative estimate of drug-likeness (QED) is 0.283. The second kappa shape index (κ2) is 13.6. The first kappa shape index (κ1) is 26.4. The first-order valence-electron chi connectivity index (χ1n) is 11.5. The van der Waals surface area contributed by atoms with Crippen molar-refractivity contribution in [3.05, 3.63) is 59.3 Å². The molecular formula is C25H38IN5O. The highest BCUT2D eigenvalue weighted by Gasteiger charge is 2.27. The van der Waals surface area contributed by atoms with E-state index in [0.717, 1.165) is 56.4 Å². The number of rotatable bonds is 8. The van der Waals surface area contributed by atoms with Gasteiger partial charge in [-0.25, -0.2) is 4.98 Å². The fraction of sp³-hybridized carbons (Fsp3) is 0.520. The highest BCUT2D eigenvalue weighted by atomic mass is 127. The van der Waals surface area contributed by atoms with Gasteiger partial charge >= 0.3 is 0 Å². The molecule has 1 fully saturated rings. The zero-order chi connectivity index (χ0) is 22.1. The van der Waals surface area contributed by atoms with E-state index in [1.165, 1.54) is 11.1 Å². The number of halogens is 1. The number of pyridine rings is 1. The molecule has 2 unspecified atom stereocenters. The van der Waals surface area contributed by atoms with E-state index in [-0.39, 0.29) is 30.1 Å². The van der Waals surface area contributed by atoms with Gasteiger partial charge in [0.15, 0.2) is 5.96 Å². The molecular weight excluding hydrogens is 513 g/mol. The van der Waals surface area contributed by atoms with Gasteiger partial charge in [-0.15, -0.1) is 24.0 Å². The summed E-state index contributed by atoms with van der Waals surface area (Å²) >= 11 is 0. The molecule has 176 valence electrons. The predicted octanol–water partition coefficient (Wildman–Crippen LogP) is 4.69. The van der Waals surface area contributed by atoms with E-state index < -0.39 is 0 Å². The molecule has 1 aliphatic heterocycles. The number of nitrogens with zero attached hydrogens (tertiary/aromatic N) is 3. The van der Waals surface area contributed by atoms with Gasteiger partial charge in [-0.05, 0) is 50.8 Å². The highest BCUT2D eigenvalue weighted by molar-refractivity contribution is 14.0. The average molecular weight is 552 g/mol. The van der Waals surface area contributed by atoms with Crippen molar-refractivity contribution in [1.29, 1.82) is 0 Å². The van der Waals surface area contributed by atoms with Crippen LogP contribution in [0.5, 0.6) is 0 Å². The zero-order valence-corrected chi connectivity index (χ0v) is 22.1. The van der Waals surface area contributed by atoms with Gasteiger partial charge in [0.05, 0.1) is 6.10 Å². The molecule has 1 aromatic carbocycles. The molecule has 2 atom stereocenters. The summed E-state index contributed by atoms with van der Waals surface area (Å²) in [6.07, 6.45) is 4.33. The molecule has 0 saturated carbocycles. The monoisotopic (exact) mass is 551 g/mol. The van der Waals surface area contributed by atoms with Crippen LogP contribution in [-0.2, 0) is 11.3 Å². The summed E-state index contributed by atoms with van der Waals surface area (Å²) in [6, 6.07) is 12.9. The highest BCUT2D eigenvalue weighted by Crippen LogP contribution is 2.33. The van der Waals surface area contributed by atoms with Crippen molar-refractivity contribution in [2.75, 3.05) is 38.2 Å². The number of anilines is 1. The Labute approximate surface area is 210 Å². The topological polar surface area (TPSA) is 61.8 Å². The first-order chi connectivity index (χ1) is 15.1. The number of guanidine groups is 1. The number of ether oxygens (including phenoxy) is 1. The summed E-state index contributed by atoms with van der Waals surface area (Å²) in [5.74, 6) is 2.25. The van der Waals surface area contributed by atoms with E-state index in [4.69, 9.17) is 4.74 Å². The van der Waals surface area contributed by atoms with E-state index in [1.54, 1.807) is 0 Å². The Balaban J connectivity index is 0.00000363. The lowest BCUT2D eigenvalue weighted by molar-refractivity contribution is -0.0265. The molecule has 6 nitrogen and oxygen atoms in total. The predicted molar refractivity (Wildman–Crippen MR) is 144 cm³/mol. The van der Waals surface area contributed by atoms with Crippen LogP contribution in [-0.4, -0.2) is 44.2 Å². The summed E-state index contributed by atoms with van der Waals surface area (Å²) in [6.45, 7) is 10.7. The maximum absolute atomic E-state index is 6.15. The molecule has 0 bridgehead atoms. The lowest BCUT2D eigenvalue weighted by Crippen LogP contribution is -2.41. The first-order valence-corrected chi connectivity index (χ1v) is 11.5. The van der Waals surface area contributed by atoms with E-state index in [1.807, 2.05) is 13.2 Å². The van der Waals surface area contributed by atoms with Crippen molar-refractivity contribution >= 4 is 35.8 Å². The number of hydrogen-bond donors (Lipinski definition) is 2. The molecule has 1 aliphatic rings. The minimum atomic E-state index is 0. The minimum Gasteiger partial charge on any atom is -0.373 e. The van der Waals surface area contributed by atoms with Crippen LogP contribution < -0.4 is 15.5 Å².